The number of likely N-dealkylation sites (tertiary alicyclic amines) is 1. The smallest absolute Gasteiger partial charge is 0.254 e. The van der Waals surface area contributed by atoms with Crippen molar-refractivity contribution in [2.75, 3.05) is 19.6 Å². The number of hydrogen-bond acceptors (Lipinski definition) is 3. The second-order valence-electron chi connectivity index (χ2n) is 5.99. The molecular weight excluding hydrogens is 385 g/mol. The lowest BCUT2D eigenvalue weighted by Gasteiger charge is -2.25. The molecule has 0 aromatic heterocycles. The molecule has 1 saturated heterocycles. The number of carbonyl (C=O) groups is 2. The Morgan fingerprint density at radius 1 is 1.32 bits per heavy atom. The standard InChI is InChI=1S/C17H23Cl2N3O2.ClH/c1-3-20-11(2)10-21-16(23)15-5-4-8-22(15)17(24)12-6-7-13(18)14(19)9-12;/h6-7,9,11,15,20H,3-5,8,10H2,1-2H3,(H,21,23);1H/t11-,15?;/m1./s1. The fourth-order valence-corrected chi connectivity index (χ4v) is 3.17. The average molecular weight is 409 g/mol. The van der Waals surface area contributed by atoms with Gasteiger partial charge in [0.05, 0.1) is 10.0 Å². The normalized spacial score (nSPS) is 17.8. The molecule has 1 aromatic carbocycles. The molecule has 2 rings (SSSR count). The lowest BCUT2D eigenvalue weighted by atomic mass is 10.1. The highest BCUT2D eigenvalue weighted by Crippen LogP contribution is 2.25. The summed E-state index contributed by atoms with van der Waals surface area (Å²) in [6.45, 7) is 5.99. The van der Waals surface area contributed by atoms with E-state index in [1.54, 1.807) is 23.1 Å². The van der Waals surface area contributed by atoms with Gasteiger partial charge in [0, 0.05) is 24.7 Å². The van der Waals surface area contributed by atoms with Crippen LogP contribution in [0.15, 0.2) is 18.2 Å². The summed E-state index contributed by atoms with van der Waals surface area (Å²) in [5.74, 6) is -0.295. The molecule has 8 heteroatoms. The molecule has 1 heterocycles. The number of halogens is 3. The van der Waals surface area contributed by atoms with Gasteiger partial charge in [0.1, 0.15) is 6.04 Å². The Labute approximate surface area is 164 Å². The molecule has 2 atom stereocenters. The minimum Gasteiger partial charge on any atom is -0.353 e. The molecule has 1 aliphatic rings. The molecule has 0 spiro atoms. The van der Waals surface area contributed by atoms with E-state index in [1.165, 1.54) is 0 Å². The van der Waals surface area contributed by atoms with Crippen LogP contribution >= 0.6 is 35.6 Å². The Morgan fingerprint density at radius 3 is 2.68 bits per heavy atom. The molecule has 0 aliphatic carbocycles. The van der Waals surface area contributed by atoms with Crippen molar-refractivity contribution in [3.63, 3.8) is 0 Å². The summed E-state index contributed by atoms with van der Waals surface area (Å²) in [6, 6.07) is 4.55. The van der Waals surface area contributed by atoms with Crippen LogP contribution in [0, 0.1) is 0 Å². The molecule has 1 aromatic rings. The third-order valence-corrected chi connectivity index (χ3v) is 4.86. The number of nitrogens with zero attached hydrogens (tertiary/aromatic N) is 1. The Bertz CT molecular complexity index is 613. The fourth-order valence-electron chi connectivity index (χ4n) is 2.87. The van der Waals surface area contributed by atoms with Gasteiger partial charge in [-0.3, -0.25) is 9.59 Å². The van der Waals surface area contributed by atoms with Crippen LogP contribution in [0.5, 0.6) is 0 Å². The largest absolute Gasteiger partial charge is 0.353 e. The van der Waals surface area contributed by atoms with E-state index in [2.05, 4.69) is 10.6 Å². The highest BCUT2D eigenvalue weighted by atomic mass is 35.5. The molecule has 0 bridgehead atoms. The lowest BCUT2D eigenvalue weighted by molar-refractivity contribution is -0.124. The van der Waals surface area contributed by atoms with Crippen molar-refractivity contribution in [2.24, 2.45) is 0 Å². The number of carbonyl (C=O) groups excluding carboxylic acids is 2. The van der Waals surface area contributed by atoms with Crippen LogP contribution in [0.4, 0.5) is 0 Å². The third kappa shape index (κ3) is 5.74. The second-order valence-corrected chi connectivity index (χ2v) is 6.80. The van der Waals surface area contributed by atoms with Crippen LogP contribution in [0.1, 0.15) is 37.0 Å². The summed E-state index contributed by atoms with van der Waals surface area (Å²) < 4.78 is 0. The highest BCUT2D eigenvalue weighted by Gasteiger charge is 2.34. The molecule has 0 radical (unpaired) electrons. The Morgan fingerprint density at radius 2 is 2.04 bits per heavy atom. The molecular formula is C17H24Cl3N3O2. The summed E-state index contributed by atoms with van der Waals surface area (Å²) in [5.41, 5.74) is 0.449. The second kappa shape index (κ2) is 10.2. The van der Waals surface area contributed by atoms with E-state index in [-0.39, 0.29) is 30.3 Å². The minimum atomic E-state index is -0.430. The summed E-state index contributed by atoms with van der Waals surface area (Å²) in [4.78, 5) is 26.8. The molecule has 2 amide bonds. The molecule has 1 aliphatic heterocycles. The summed E-state index contributed by atoms with van der Waals surface area (Å²) >= 11 is 11.9. The van der Waals surface area contributed by atoms with Gasteiger partial charge < -0.3 is 15.5 Å². The Balaban J connectivity index is 0.00000312. The quantitative estimate of drug-likeness (QED) is 0.760. The van der Waals surface area contributed by atoms with Crippen LogP contribution in [-0.2, 0) is 4.79 Å². The average Bonchev–Trinajstić information content (AvgIpc) is 3.04. The SMILES string of the molecule is CCN[C@H](C)CNC(=O)C1CCCN1C(=O)c1ccc(Cl)c(Cl)c1.Cl. The maximum atomic E-state index is 12.7. The van der Waals surface area contributed by atoms with Crippen molar-refractivity contribution < 1.29 is 9.59 Å². The van der Waals surface area contributed by atoms with Gasteiger partial charge in [-0.25, -0.2) is 0 Å². The molecule has 0 saturated carbocycles. The highest BCUT2D eigenvalue weighted by molar-refractivity contribution is 6.42. The zero-order valence-corrected chi connectivity index (χ0v) is 16.7. The third-order valence-electron chi connectivity index (χ3n) is 4.12. The van der Waals surface area contributed by atoms with Crippen molar-refractivity contribution in [1.82, 2.24) is 15.5 Å². The van der Waals surface area contributed by atoms with Crippen molar-refractivity contribution in [3.8, 4) is 0 Å². The van der Waals surface area contributed by atoms with E-state index in [0.717, 1.165) is 13.0 Å². The van der Waals surface area contributed by atoms with Crippen LogP contribution in [-0.4, -0.2) is 48.4 Å². The molecule has 5 nitrogen and oxygen atoms in total. The number of benzene rings is 1. The van der Waals surface area contributed by atoms with E-state index < -0.39 is 6.04 Å². The van der Waals surface area contributed by atoms with Gasteiger partial charge in [-0.2, -0.15) is 0 Å². The van der Waals surface area contributed by atoms with Crippen LogP contribution in [0.25, 0.3) is 0 Å². The number of nitrogens with one attached hydrogen (secondary N) is 2. The van der Waals surface area contributed by atoms with E-state index in [1.807, 2.05) is 13.8 Å². The predicted octanol–water partition coefficient (Wildman–Crippen LogP) is 3.13. The fraction of sp³-hybridized carbons (Fsp3) is 0.529. The van der Waals surface area contributed by atoms with Gasteiger partial charge in [0.25, 0.3) is 5.91 Å². The van der Waals surface area contributed by atoms with E-state index in [0.29, 0.717) is 35.1 Å². The molecule has 2 N–H and O–H groups in total. The van der Waals surface area contributed by atoms with Crippen molar-refractivity contribution in [3.05, 3.63) is 33.8 Å². The molecule has 1 fully saturated rings. The van der Waals surface area contributed by atoms with Crippen LogP contribution in [0.3, 0.4) is 0 Å². The van der Waals surface area contributed by atoms with Crippen molar-refractivity contribution >= 4 is 47.4 Å². The first-order valence-corrected chi connectivity index (χ1v) is 8.96. The van der Waals surface area contributed by atoms with Gasteiger partial charge in [-0.05, 0) is 44.5 Å². The van der Waals surface area contributed by atoms with Gasteiger partial charge >= 0.3 is 0 Å². The van der Waals surface area contributed by atoms with Crippen molar-refractivity contribution in [2.45, 2.75) is 38.8 Å². The molecule has 1 unspecified atom stereocenters. The zero-order chi connectivity index (χ0) is 17.7. The minimum absolute atomic E-state index is 0. The van der Waals surface area contributed by atoms with E-state index in [9.17, 15) is 9.59 Å². The zero-order valence-electron chi connectivity index (χ0n) is 14.4. The lowest BCUT2D eigenvalue weighted by Crippen LogP contribution is -2.48. The number of likely N-dealkylation sites (N-methyl/N-ethyl adjacent to an activating group) is 1. The van der Waals surface area contributed by atoms with Crippen LogP contribution < -0.4 is 10.6 Å². The Hall–Kier alpha value is -1.01. The summed E-state index contributed by atoms with van der Waals surface area (Å²) in [7, 11) is 0. The van der Waals surface area contributed by atoms with Gasteiger partial charge in [-0.1, -0.05) is 30.1 Å². The van der Waals surface area contributed by atoms with Gasteiger partial charge in [-0.15, -0.1) is 12.4 Å². The van der Waals surface area contributed by atoms with Crippen LogP contribution in [0.2, 0.25) is 10.0 Å². The van der Waals surface area contributed by atoms with E-state index in [4.69, 9.17) is 23.2 Å². The summed E-state index contributed by atoms with van der Waals surface area (Å²) in [5, 5.41) is 6.90. The monoisotopic (exact) mass is 407 g/mol. The van der Waals surface area contributed by atoms with Crippen molar-refractivity contribution in [1.29, 1.82) is 0 Å². The summed E-state index contributed by atoms with van der Waals surface area (Å²) in [6.07, 6.45) is 1.49. The maximum Gasteiger partial charge on any atom is 0.254 e. The predicted molar refractivity (Wildman–Crippen MR) is 104 cm³/mol. The number of hydrogen-bond donors (Lipinski definition) is 2. The number of amides is 2. The first kappa shape index (κ1) is 22.0. The topological polar surface area (TPSA) is 61.4 Å². The maximum absolute atomic E-state index is 12.7. The molecule has 140 valence electrons. The number of rotatable bonds is 6. The van der Waals surface area contributed by atoms with E-state index >= 15 is 0 Å². The first-order chi connectivity index (χ1) is 11.4. The Kier molecular flexibility index (Phi) is 9.00. The van der Waals surface area contributed by atoms with Gasteiger partial charge in [0.15, 0.2) is 0 Å². The molecule has 25 heavy (non-hydrogen) atoms. The first-order valence-electron chi connectivity index (χ1n) is 8.21. The van der Waals surface area contributed by atoms with Gasteiger partial charge in [0.2, 0.25) is 5.91 Å².